The summed E-state index contributed by atoms with van der Waals surface area (Å²) in [7, 11) is 1.86. The second-order valence-electron chi connectivity index (χ2n) is 4.34. The molecule has 0 heterocycles. The number of nitrogens with one attached hydrogen (secondary N) is 2. The predicted octanol–water partition coefficient (Wildman–Crippen LogP) is 2.01. The Morgan fingerprint density at radius 2 is 1.94 bits per heavy atom. The van der Waals surface area contributed by atoms with Gasteiger partial charge in [0.05, 0.1) is 0 Å². The number of halogens is 1. The molecule has 3 nitrogen and oxygen atoms in total. The SMILES string of the molecule is CNCC(C)C(=O)NCCCc1ccccc1.Cl. The zero-order valence-corrected chi connectivity index (χ0v) is 11.9. The molecule has 18 heavy (non-hydrogen) atoms. The fourth-order valence-corrected chi connectivity index (χ4v) is 1.72. The minimum atomic E-state index is 0. The van der Waals surface area contributed by atoms with E-state index in [0.717, 1.165) is 25.9 Å². The van der Waals surface area contributed by atoms with Crippen LogP contribution in [0.2, 0.25) is 0 Å². The number of benzene rings is 1. The number of amides is 1. The van der Waals surface area contributed by atoms with E-state index >= 15 is 0 Å². The quantitative estimate of drug-likeness (QED) is 0.745. The number of rotatable bonds is 7. The van der Waals surface area contributed by atoms with Crippen molar-refractivity contribution in [3.8, 4) is 0 Å². The predicted molar refractivity (Wildman–Crippen MR) is 78.1 cm³/mol. The maximum atomic E-state index is 11.6. The molecule has 0 aliphatic rings. The third kappa shape index (κ3) is 6.62. The summed E-state index contributed by atoms with van der Waals surface area (Å²) in [6, 6.07) is 10.3. The van der Waals surface area contributed by atoms with Gasteiger partial charge in [-0.25, -0.2) is 0 Å². The van der Waals surface area contributed by atoms with Gasteiger partial charge in [-0.05, 0) is 25.5 Å². The summed E-state index contributed by atoms with van der Waals surface area (Å²) in [5.41, 5.74) is 1.32. The largest absolute Gasteiger partial charge is 0.356 e. The topological polar surface area (TPSA) is 41.1 Å². The summed E-state index contributed by atoms with van der Waals surface area (Å²) in [5.74, 6) is 0.170. The monoisotopic (exact) mass is 270 g/mol. The molecule has 2 N–H and O–H groups in total. The van der Waals surface area contributed by atoms with Gasteiger partial charge in [0.15, 0.2) is 0 Å². The van der Waals surface area contributed by atoms with Crippen LogP contribution in [0.4, 0.5) is 0 Å². The molecule has 0 spiro atoms. The molecule has 0 radical (unpaired) electrons. The van der Waals surface area contributed by atoms with Crippen molar-refractivity contribution in [1.29, 1.82) is 0 Å². The third-order valence-electron chi connectivity index (χ3n) is 2.74. The van der Waals surface area contributed by atoms with Crippen LogP contribution in [0.1, 0.15) is 18.9 Å². The lowest BCUT2D eigenvalue weighted by atomic mass is 10.1. The Kier molecular flexibility index (Phi) is 9.33. The Morgan fingerprint density at radius 3 is 2.56 bits per heavy atom. The van der Waals surface area contributed by atoms with Crippen molar-refractivity contribution < 1.29 is 4.79 Å². The Balaban J connectivity index is 0.00000289. The lowest BCUT2D eigenvalue weighted by Gasteiger charge is -2.11. The molecule has 0 aliphatic carbocycles. The molecule has 1 rings (SSSR count). The summed E-state index contributed by atoms with van der Waals surface area (Å²) in [6.45, 7) is 3.41. The number of carbonyl (C=O) groups is 1. The highest BCUT2D eigenvalue weighted by molar-refractivity contribution is 5.85. The van der Waals surface area contributed by atoms with Crippen LogP contribution in [0.25, 0.3) is 0 Å². The molecule has 0 aromatic heterocycles. The summed E-state index contributed by atoms with van der Waals surface area (Å²) >= 11 is 0. The van der Waals surface area contributed by atoms with E-state index in [1.807, 2.05) is 32.2 Å². The Labute approximate surface area is 116 Å². The minimum Gasteiger partial charge on any atom is -0.356 e. The number of hydrogen-bond donors (Lipinski definition) is 2. The summed E-state index contributed by atoms with van der Waals surface area (Å²) < 4.78 is 0. The first-order valence-corrected chi connectivity index (χ1v) is 6.20. The van der Waals surface area contributed by atoms with Crippen molar-refractivity contribution in [3.63, 3.8) is 0 Å². The van der Waals surface area contributed by atoms with Crippen molar-refractivity contribution in [2.75, 3.05) is 20.1 Å². The minimum absolute atomic E-state index is 0. The van der Waals surface area contributed by atoms with E-state index in [4.69, 9.17) is 0 Å². The molecule has 0 bridgehead atoms. The fraction of sp³-hybridized carbons (Fsp3) is 0.500. The van der Waals surface area contributed by atoms with Crippen molar-refractivity contribution >= 4 is 18.3 Å². The van der Waals surface area contributed by atoms with Gasteiger partial charge in [0.25, 0.3) is 0 Å². The Morgan fingerprint density at radius 1 is 1.28 bits per heavy atom. The molecule has 0 saturated carbocycles. The van der Waals surface area contributed by atoms with E-state index in [1.165, 1.54) is 5.56 Å². The van der Waals surface area contributed by atoms with Crippen LogP contribution in [0.15, 0.2) is 30.3 Å². The average molecular weight is 271 g/mol. The van der Waals surface area contributed by atoms with Gasteiger partial charge in [-0.1, -0.05) is 37.3 Å². The highest BCUT2D eigenvalue weighted by Crippen LogP contribution is 2.01. The molecular formula is C14H23ClN2O. The first-order chi connectivity index (χ1) is 8.24. The van der Waals surface area contributed by atoms with Crippen LogP contribution in [-0.2, 0) is 11.2 Å². The van der Waals surface area contributed by atoms with E-state index < -0.39 is 0 Å². The normalized spacial score (nSPS) is 11.4. The van der Waals surface area contributed by atoms with E-state index in [0.29, 0.717) is 0 Å². The van der Waals surface area contributed by atoms with Gasteiger partial charge in [-0.2, -0.15) is 0 Å². The number of aryl methyl sites for hydroxylation is 1. The third-order valence-corrected chi connectivity index (χ3v) is 2.74. The molecule has 1 unspecified atom stereocenters. The standard InChI is InChI=1S/C14H22N2O.ClH/c1-12(11-15-2)14(17)16-10-6-9-13-7-4-3-5-8-13;/h3-5,7-8,12,15H,6,9-11H2,1-2H3,(H,16,17);1H. The highest BCUT2D eigenvalue weighted by Gasteiger charge is 2.10. The van der Waals surface area contributed by atoms with Crippen LogP contribution in [0.3, 0.4) is 0 Å². The van der Waals surface area contributed by atoms with Crippen LogP contribution in [0.5, 0.6) is 0 Å². The van der Waals surface area contributed by atoms with Crippen molar-refractivity contribution in [3.05, 3.63) is 35.9 Å². The first kappa shape index (κ1) is 16.9. The van der Waals surface area contributed by atoms with Crippen LogP contribution < -0.4 is 10.6 Å². The number of hydrogen-bond acceptors (Lipinski definition) is 2. The van der Waals surface area contributed by atoms with Crippen LogP contribution >= 0.6 is 12.4 Å². The lowest BCUT2D eigenvalue weighted by molar-refractivity contribution is -0.124. The van der Waals surface area contributed by atoms with Gasteiger partial charge in [0.2, 0.25) is 5.91 Å². The Hall–Kier alpha value is -1.06. The van der Waals surface area contributed by atoms with Crippen molar-refractivity contribution in [2.45, 2.75) is 19.8 Å². The first-order valence-electron chi connectivity index (χ1n) is 6.20. The summed E-state index contributed by atoms with van der Waals surface area (Å²) in [6.07, 6.45) is 2.00. The maximum Gasteiger partial charge on any atom is 0.224 e. The zero-order chi connectivity index (χ0) is 12.5. The molecule has 4 heteroatoms. The van der Waals surface area contributed by atoms with Gasteiger partial charge < -0.3 is 10.6 Å². The summed E-state index contributed by atoms with van der Waals surface area (Å²) in [5, 5.41) is 5.96. The van der Waals surface area contributed by atoms with E-state index in [9.17, 15) is 4.79 Å². The van der Waals surface area contributed by atoms with Crippen molar-refractivity contribution in [2.24, 2.45) is 5.92 Å². The second kappa shape index (κ2) is 9.92. The molecule has 1 aromatic rings. The second-order valence-corrected chi connectivity index (χ2v) is 4.34. The van der Waals surface area contributed by atoms with Gasteiger partial charge in [-0.15, -0.1) is 12.4 Å². The molecular weight excluding hydrogens is 248 g/mol. The Bertz CT molecular complexity index is 330. The van der Waals surface area contributed by atoms with E-state index in [1.54, 1.807) is 0 Å². The number of carbonyl (C=O) groups excluding carboxylic acids is 1. The molecule has 0 fully saturated rings. The maximum absolute atomic E-state index is 11.6. The summed E-state index contributed by atoms with van der Waals surface area (Å²) in [4.78, 5) is 11.6. The van der Waals surface area contributed by atoms with Crippen molar-refractivity contribution in [1.82, 2.24) is 10.6 Å². The van der Waals surface area contributed by atoms with Crippen LogP contribution in [-0.4, -0.2) is 26.0 Å². The fourth-order valence-electron chi connectivity index (χ4n) is 1.72. The average Bonchev–Trinajstić information content (AvgIpc) is 2.36. The zero-order valence-electron chi connectivity index (χ0n) is 11.1. The smallest absolute Gasteiger partial charge is 0.224 e. The molecule has 1 atom stereocenters. The van der Waals surface area contributed by atoms with Gasteiger partial charge in [-0.3, -0.25) is 4.79 Å². The highest BCUT2D eigenvalue weighted by atomic mass is 35.5. The van der Waals surface area contributed by atoms with Crippen LogP contribution in [0, 0.1) is 5.92 Å². The van der Waals surface area contributed by atoms with E-state index in [2.05, 4.69) is 22.8 Å². The van der Waals surface area contributed by atoms with Gasteiger partial charge >= 0.3 is 0 Å². The molecule has 1 amide bonds. The van der Waals surface area contributed by atoms with Gasteiger partial charge in [0.1, 0.15) is 0 Å². The molecule has 102 valence electrons. The molecule has 0 aliphatic heterocycles. The molecule has 0 saturated heterocycles. The molecule has 1 aromatic carbocycles. The van der Waals surface area contributed by atoms with E-state index in [-0.39, 0.29) is 24.2 Å². The van der Waals surface area contributed by atoms with Gasteiger partial charge in [0, 0.05) is 19.0 Å². The lowest BCUT2D eigenvalue weighted by Crippen LogP contribution is -2.34.